The molecule has 1 aliphatic carbocycles. The third-order valence-corrected chi connectivity index (χ3v) is 2.48. The molecular formula is C10H19NO2. The van der Waals surface area contributed by atoms with Gasteiger partial charge in [-0.05, 0) is 32.1 Å². The van der Waals surface area contributed by atoms with E-state index in [1.54, 1.807) is 0 Å². The number of nitrogens with zero attached hydrogens (tertiary/aromatic N) is 1. The van der Waals surface area contributed by atoms with Gasteiger partial charge in [-0.2, -0.15) is 0 Å². The first-order valence-corrected chi connectivity index (χ1v) is 5.16. The molecule has 1 aliphatic rings. The van der Waals surface area contributed by atoms with Crippen molar-refractivity contribution in [2.24, 2.45) is 5.92 Å². The maximum absolute atomic E-state index is 11.6. The smallest absolute Gasteiger partial charge is 0.222 e. The highest BCUT2D eigenvalue weighted by Crippen LogP contribution is 2.32. The summed E-state index contributed by atoms with van der Waals surface area (Å²) in [7, 11) is 0. The maximum atomic E-state index is 11.6. The Hall–Kier alpha value is -0.570. The zero-order chi connectivity index (χ0) is 9.68. The second kappa shape index (κ2) is 5.22. The minimum atomic E-state index is 0.174. The van der Waals surface area contributed by atoms with E-state index < -0.39 is 0 Å². The van der Waals surface area contributed by atoms with E-state index in [4.69, 9.17) is 5.11 Å². The fraction of sp³-hybridized carbons (Fsp3) is 0.900. The summed E-state index contributed by atoms with van der Waals surface area (Å²) in [6.07, 6.45) is 3.87. The van der Waals surface area contributed by atoms with Crippen LogP contribution in [0.4, 0.5) is 0 Å². The lowest BCUT2D eigenvalue weighted by atomic mass is 10.2. The minimum Gasteiger partial charge on any atom is -0.396 e. The average Bonchev–Trinajstić information content (AvgIpc) is 2.90. The quantitative estimate of drug-likeness (QED) is 0.671. The van der Waals surface area contributed by atoms with E-state index in [2.05, 4.69) is 0 Å². The summed E-state index contributed by atoms with van der Waals surface area (Å²) in [5.41, 5.74) is 0. The third kappa shape index (κ3) is 3.77. The van der Waals surface area contributed by atoms with Crippen molar-refractivity contribution in [1.82, 2.24) is 4.90 Å². The molecule has 0 aromatic heterocycles. The molecule has 1 N–H and O–H groups in total. The molecule has 3 nitrogen and oxygen atoms in total. The normalized spacial score (nSPS) is 15.8. The molecule has 0 saturated heterocycles. The van der Waals surface area contributed by atoms with Crippen LogP contribution in [0.3, 0.4) is 0 Å². The molecule has 3 heteroatoms. The van der Waals surface area contributed by atoms with Gasteiger partial charge in [-0.3, -0.25) is 4.79 Å². The summed E-state index contributed by atoms with van der Waals surface area (Å²) in [6.45, 7) is 3.64. The molecule has 0 atom stereocenters. The van der Waals surface area contributed by atoms with Gasteiger partial charge < -0.3 is 10.0 Å². The molecular weight excluding hydrogens is 166 g/mol. The number of aliphatic hydroxyl groups is 1. The van der Waals surface area contributed by atoms with Crippen LogP contribution in [-0.4, -0.2) is 35.6 Å². The highest BCUT2D eigenvalue weighted by atomic mass is 16.3. The van der Waals surface area contributed by atoms with Crippen molar-refractivity contribution >= 4 is 5.91 Å². The minimum absolute atomic E-state index is 0.174. The van der Waals surface area contributed by atoms with Gasteiger partial charge in [0.05, 0.1) is 0 Å². The number of rotatable bonds is 6. The van der Waals surface area contributed by atoms with Crippen molar-refractivity contribution in [3.05, 3.63) is 0 Å². The van der Waals surface area contributed by atoms with Crippen molar-refractivity contribution in [2.45, 2.75) is 32.6 Å². The summed E-state index contributed by atoms with van der Waals surface area (Å²) < 4.78 is 0. The standard InChI is InChI=1S/C10H19NO2/c1-2-11(6-3-7-12)10(13)8-9-4-5-9/h9,12H,2-8H2,1H3. The molecule has 1 rings (SSSR count). The molecule has 0 aromatic carbocycles. The maximum Gasteiger partial charge on any atom is 0.222 e. The lowest BCUT2D eigenvalue weighted by Crippen LogP contribution is -2.32. The van der Waals surface area contributed by atoms with Crippen LogP contribution in [0.15, 0.2) is 0 Å². The van der Waals surface area contributed by atoms with Crippen LogP contribution in [0.1, 0.15) is 32.6 Å². The van der Waals surface area contributed by atoms with Gasteiger partial charge in [0.2, 0.25) is 5.91 Å². The van der Waals surface area contributed by atoms with Gasteiger partial charge in [-0.15, -0.1) is 0 Å². The lowest BCUT2D eigenvalue weighted by molar-refractivity contribution is -0.131. The molecule has 0 unspecified atom stereocenters. The van der Waals surface area contributed by atoms with Crippen LogP contribution >= 0.6 is 0 Å². The molecule has 1 saturated carbocycles. The molecule has 0 radical (unpaired) electrons. The predicted molar refractivity (Wildman–Crippen MR) is 51.3 cm³/mol. The number of hydrogen-bond acceptors (Lipinski definition) is 2. The molecule has 13 heavy (non-hydrogen) atoms. The van der Waals surface area contributed by atoms with Crippen LogP contribution in [0.5, 0.6) is 0 Å². The summed E-state index contributed by atoms with van der Waals surface area (Å²) >= 11 is 0. The first-order chi connectivity index (χ1) is 6.27. The Morgan fingerprint density at radius 2 is 2.23 bits per heavy atom. The summed E-state index contributed by atoms with van der Waals surface area (Å²) in [5, 5.41) is 8.65. The molecule has 1 amide bonds. The van der Waals surface area contributed by atoms with Gasteiger partial charge in [-0.1, -0.05) is 0 Å². The fourth-order valence-electron chi connectivity index (χ4n) is 1.42. The fourth-order valence-corrected chi connectivity index (χ4v) is 1.42. The van der Waals surface area contributed by atoms with Gasteiger partial charge >= 0.3 is 0 Å². The second-order valence-corrected chi connectivity index (χ2v) is 3.70. The van der Waals surface area contributed by atoms with E-state index >= 15 is 0 Å². The van der Waals surface area contributed by atoms with E-state index in [0.29, 0.717) is 18.9 Å². The van der Waals surface area contributed by atoms with Crippen LogP contribution in [0.25, 0.3) is 0 Å². The molecule has 0 bridgehead atoms. The molecule has 0 aliphatic heterocycles. The predicted octanol–water partition coefficient (Wildman–Crippen LogP) is 1.02. The van der Waals surface area contributed by atoms with Crippen molar-refractivity contribution in [1.29, 1.82) is 0 Å². The zero-order valence-corrected chi connectivity index (χ0v) is 8.33. The summed E-state index contributed by atoms with van der Waals surface area (Å²) in [4.78, 5) is 13.4. The Labute approximate surface area is 79.7 Å². The van der Waals surface area contributed by atoms with Crippen LogP contribution < -0.4 is 0 Å². The number of aliphatic hydroxyl groups excluding tert-OH is 1. The Bertz CT molecular complexity index is 166. The van der Waals surface area contributed by atoms with E-state index in [0.717, 1.165) is 13.0 Å². The third-order valence-electron chi connectivity index (χ3n) is 2.48. The van der Waals surface area contributed by atoms with Crippen molar-refractivity contribution < 1.29 is 9.90 Å². The SMILES string of the molecule is CCN(CCCO)C(=O)CC1CC1. The van der Waals surface area contributed by atoms with Crippen LogP contribution in [0.2, 0.25) is 0 Å². The van der Waals surface area contributed by atoms with Gasteiger partial charge in [0.15, 0.2) is 0 Å². The van der Waals surface area contributed by atoms with E-state index in [1.165, 1.54) is 12.8 Å². The lowest BCUT2D eigenvalue weighted by Gasteiger charge is -2.20. The molecule has 0 spiro atoms. The van der Waals surface area contributed by atoms with Crippen molar-refractivity contribution in [2.75, 3.05) is 19.7 Å². The average molecular weight is 185 g/mol. The van der Waals surface area contributed by atoms with E-state index in [-0.39, 0.29) is 12.5 Å². The Balaban J connectivity index is 2.21. The van der Waals surface area contributed by atoms with Gasteiger partial charge in [0.25, 0.3) is 0 Å². The Morgan fingerprint density at radius 3 is 2.69 bits per heavy atom. The zero-order valence-electron chi connectivity index (χ0n) is 8.33. The molecule has 0 heterocycles. The highest BCUT2D eigenvalue weighted by Gasteiger charge is 2.26. The van der Waals surface area contributed by atoms with E-state index in [1.807, 2.05) is 11.8 Å². The summed E-state index contributed by atoms with van der Waals surface area (Å²) in [6, 6.07) is 0. The molecule has 76 valence electrons. The Kier molecular flexibility index (Phi) is 4.22. The topological polar surface area (TPSA) is 40.5 Å². The highest BCUT2D eigenvalue weighted by molar-refractivity contribution is 5.76. The first-order valence-electron chi connectivity index (χ1n) is 5.16. The molecule has 0 aromatic rings. The van der Waals surface area contributed by atoms with Gasteiger partial charge in [0.1, 0.15) is 0 Å². The summed E-state index contributed by atoms with van der Waals surface area (Å²) in [5.74, 6) is 0.925. The largest absolute Gasteiger partial charge is 0.396 e. The van der Waals surface area contributed by atoms with Crippen molar-refractivity contribution in [3.63, 3.8) is 0 Å². The van der Waals surface area contributed by atoms with E-state index in [9.17, 15) is 4.79 Å². The number of carbonyl (C=O) groups excluding carboxylic acids is 1. The number of amides is 1. The Morgan fingerprint density at radius 1 is 1.54 bits per heavy atom. The van der Waals surface area contributed by atoms with Gasteiger partial charge in [0, 0.05) is 26.1 Å². The number of carbonyl (C=O) groups is 1. The van der Waals surface area contributed by atoms with Crippen molar-refractivity contribution in [3.8, 4) is 0 Å². The number of hydrogen-bond donors (Lipinski definition) is 1. The monoisotopic (exact) mass is 185 g/mol. The van der Waals surface area contributed by atoms with Crippen LogP contribution in [-0.2, 0) is 4.79 Å². The first kappa shape index (κ1) is 10.5. The van der Waals surface area contributed by atoms with Gasteiger partial charge in [-0.25, -0.2) is 0 Å². The second-order valence-electron chi connectivity index (χ2n) is 3.70. The molecule has 1 fully saturated rings. The van der Waals surface area contributed by atoms with Crippen LogP contribution in [0, 0.1) is 5.92 Å².